The van der Waals surface area contributed by atoms with Crippen LogP contribution in [0, 0.1) is 17.8 Å². The van der Waals surface area contributed by atoms with Crippen molar-refractivity contribution in [3.63, 3.8) is 0 Å². The van der Waals surface area contributed by atoms with Crippen LogP contribution in [-0.4, -0.2) is 5.91 Å². The Morgan fingerprint density at radius 2 is 1.68 bits per heavy atom. The van der Waals surface area contributed by atoms with E-state index in [1.165, 1.54) is 0 Å². The maximum Gasteiger partial charge on any atom is 0.227 e. The van der Waals surface area contributed by atoms with Gasteiger partial charge in [-0.2, -0.15) is 0 Å². The molecule has 2 nitrogen and oxygen atoms in total. The molecule has 0 atom stereocenters. The van der Waals surface area contributed by atoms with E-state index >= 15 is 0 Å². The molecular weight excluding hydrogens is 270 g/mol. The standard InChI is InChI=1S/C20H19NO/c1-15(2)13-20(22)21-14-18-9-4-3-7-16(18)11-12-17-8-5-6-10-19(17)21/h3-10,15H,13-14H2,1-2H3. The highest BCUT2D eigenvalue weighted by atomic mass is 16.2. The van der Waals surface area contributed by atoms with Gasteiger partial charge in [-0.3, -0.25) is 4.79 Å². The fourth-order valence-corrected chi connectivity index (χ4v) is 2.67. The minimum atomic E-state index is 0.154. The Morgan fingerprint density at radius 3 is 2.45 bits per heavy atom. The number of rotatable bonds is 2. The van der Waals surface area contributed by atoms with Gasteiger partial charge in [0.05, 0.1) is 12.2 Å². The Labute approximate surface area is 131 Å². The van der Waals surface area contributed by atoms with Crippen LogP contribution >= 0.6 is 0 Å². The molecule has 1 aliphatic rings. The summed E-state index contributed by atoms with van der Waals surface area (Å²) in [5.41, 5.74) is 3.92. The number of para-hydroxylation sites is 1. The minimum Gasteiger partial charge on any atom is -0.307 e. The molecule has 0 aromatic heterocycles. The topological polar surface area (TPSA) is 20.3 Å². The summed E-state index contributed by atoms with van der Waals surface area (Å²) in [5.74, 6) is 6.94. The van der Waals surface area contributed by atoms with Crippen molar-refractivity contribution in [1.82, 2.24) is 0 Å². The first-order chi connectivity index (χ1) is 10.6. The predicted octanol–water partition coefficient (Wildman–Crippen LogP) is 3.98. The van der Waals surface area contributed by atoms with Gasteiger partial charge in [0.15, 0.2) is 0 Å². The van der Waals surface area contributed by atoms with Gasteiger partial charge in [0.2, 0.25) is 5.91 Å². The van der Waals surface area contributed by atoms with E-state index in [0.717, 1.165) is 22.4 Å². The number of amides is 1. The SMILES string of the molecule is CC(C)CC(=O)N1Cc2ccccc2C#Cc2ccccc21. The predicted molar refractivity (Wildman–Crippen MR) is 89.5 cm³/mol. The number of carbonyl (C=O) groups is 1. The lowest BCUT2D eigenvalue weighted by Gasteiger charge is -2.26. The quantitative estimate of drug-likeness (QED) is 0.766. The average Bonchev–Trinajstić information content (AvgIpc) is 2.49. The average molecular weight is 289 g/mol. The molecule has 2 aromatic rings. The molecule has 2 aromatic carbocycles. The Balaban J connectivity index is 2.11. The molecule has 0 radical (unpaired) electrons. The molecule has 0 spiro atoms. The summed E-state index contributed by atoms with van der Waals surface area (Å²) in [5, 5.41) is 0. The first-order valence-corrected chi connectivity index (χ1v) is 7.64. The van der Waals surface area contributed by atoms with Crippen LogP contribution in [0.25, 0.3) is 0 Å². The van der Waals surface area contributed by atoms with Crippen LogP contribution in [0.5, 0.6) is 0 Å². The fraction of sp³-hybridized carbons (Fsp3) is 0.250. The summed E-state index contributed by atoms with van der Waals surface area (Å²) in [6.45, 7) is 4.72. The van der Waals surface area contributed by atoms with Crippen molar-refractivity contribution < 1.29 is 4.79 Å². The van der Waals surface area contributed by atoms with Crippen LogP contribution in [-0.2, 0) is 11.3 Å². The zero-order chi connectivity index (χ0) is 15.5. The Morgan fingerprint density at radius 1 is 1.05 bits per heavy atom. The molecule has 0 N–H and O–H groups in total. The zero-order valence-corrected chi connectivity index (χ0v) is 13.0. The van der Waals surface area contributed by atoms with Gasteiger partial charge in [-0.15, -0.1) is 0 Å². The number of anilines is 1. The molecule has 110 valence electrons. The van der Waals surface area contributed by atoms with Gasteiger partial charge in [-0.25, -0.2) is 0 Å². The van der Waals surface area contributed by atoms with Crippen LogP contribution in [0.15, 0.2) is 48.5 Å². The molecule has 1 amide bonds. The third-order valence-electron chi connectivity index (χ3n) is 3.76. The van der Waals surface area contributed by atoms with Crippen molar-refractivity contribution in [1.29, 1.82) is 0 Å². The van der Waals surface area contributed by atoms with Crippen molar-refractivity contribution in [2.24, 2.45) is 5.92 Å². The van der Waals surface area contributed by atoms with E-state index in [1.807, 2.05) is 53.4 Å². The van der Waals surface area contributed by atoms with Gasteiger partial charge in [-0.1, -0.05) is 56.0 Å². The molecule has 2 heteroatoms. The Kier molecular flexibility index (Phi) is 3.98. The number of carbonyl (C=O) groups excluding carboxylic acids is 1. The lowest BCUT2D eigenvalue weighted by molar-refractivity contribution is -0.119. The fourth-order valence-electron chi connectivity index (χ4n) is 2.67. The molecule has 0 aliphatic carbocycles. The second-order valence-electron chi connectivity index (χ2n) is 6.00. The Bertz CT molecular complexity index is 765. The zero-order valence-electron chi connectivity index (χ0n) is 13.0. The minimum absolute atomic E-state index is 0.154. The van der Waals surface area contributed by atoms with Gasteiger partial charge >= 0.3 is 0 Å². The van der Waals surface area contributed by atoms with Gasteiger partial charge < -0.3 is 4.90 Å². The first-order valence-electron chi connectivity index (χ1n) is 7.64. The van der Waals surface area contributed by atoms with Crippen LogP contribution in [0.1, 0.15) is 37.0 Å². The summed E-state index contributed by atoms with van der Waals surface area (Å²) >= 11 is 0. The van der Waals surface area contributed by atoms with Crippen LogP contribution < -0.4 is 4.90 Å². The summed E-state index contributed by atoms with van der Waals surface area (Å²) in [6, 6.07) is 15.9. The second kappa shape index (κ2) is 6.07. The van der Waals surface area contributed by atoms with Crippen molar-refractivity contribution in [3.05, 3.63) is 65.2 Å². The maximum atomic E-state index is 12.7. The van der Waals surface area contributed by atoms with Crippen LogP contribution in [0.3, 0.4) is 0 Å². The molecule has 1 heterocycles. The number of nitrogens with zero attached hydrogens (tertiary/aromatic N) is 1. The van der Waals surface area contributed by atoms with Crippen molar-refractivity contribution in [2.45, 2.75) is 26.8 Å². The third kappa shape index (κ3) is 2.89. The number of hydrogen-bond acceptors (Lipinski definition) is 1. The maximum absolute atomic E-state index is 12.7. The van der Waals surface area contributed by atoms with Crippen LogP contribution in [0.4, 0.5) is 5.69 Å². The largest absolute Gasteiger partial charge is 0.307 e. The summed E-state index contributed by atoms with van der Waals surface area (Å²) in [6.07, 6.45) is 0.546. The molecule has 0 unspecified atom stereocenters. The number of hydrogen-bond donors (Lipinski definition) is 0. The third-order valence-corrected chi connectivity index (χ3v) is 3.76. The van der Waals surface area contributed by atoms with E-state index in [9.17, 15) is 4.79 Å². The molecule has 3 rings (SSSR count). The lowest BCUT2D eigenvalue weighted by atomic mass is 10.0. The molecule has 22 heavy (non-hydrogen) atoms. The van der Waals surface area contributed by atoms with Crippen molar-refractivity contribution in [3.8, 4) is 11.8 Å². The lowest BCUT2D eigenvalue weighted by Crippen LogP contribution is -2.32. The van der Waals surface area contributed by atoms with Gasteiger partial charge in [0.25, 0.3) is 0 Å². The highest BCUT2D eigenvalue weighted by Gasteiger charge is 2.21. The van der Waals surface area contributed by atoms with Crippen molar-refractivity contribution >= 4 is 11.6 Å². The number of fused-ring (bicyclic) bond motifs is 2. The molecular formula is C20H19NO. The second-order valence-corrected chi connectivity index (χ2v) is 6.00. The molecule has 0 saturated carbocycles. The van der Waals surface area contributed by atoms with E-state index in [1.54, 1.807) is 0 Å². The number of benzene rings is 2. The van der Waals surface area contributed by atoms with Crippen LogP contribution in [0.2, 0.25) is 0 Å². The molecule has 0 bridgehead atoms. The highest BCUT2D eigenvalue weighted by Crippen LogP contribution is 2.26. The van der Waals surface area contributed by atoms with Gasteiger partial charge in [-0.05, 0) is 29.7 Å². The Hall–Kier alpha value is -2.53. The normalized spacial score (nSPS) is 12.6. The van der Waals surface area contributed by atoms with Gasteiger partial charge in [0.1, 0.15) is 0 Å². The van der Waals surface area contributed by atoms with Crippen molar-refractivity contribution in [2.75, 3.05) is 4.90 Å². The molecule has 1 aliphatic heterocycles. The smallest absolute Gasteiger partial charge is 0.227 e. The summed E-state index contributed by atoms with van der Waals surface area (Å²) in [7, 11) is 0. The molecule has 0 saturated heterocycles. The van der Waals surface area contributed by atoms with Gasteiger partial charge in [0, 0.05) is 17.5 Å². The van der Waals surface area contributed by atoms with E-state index in [4.69, 9.17) is 0 Å². The summed E-state index contributed by atoms with van der Waals surface area (Å²) < 4.78 is 0. The summed E-state index contributed by atoms with van der Waals surface area (Å²) in [4.78, 5) is 14.6. The monoisotopic (exact) mass is 289 g/mol. The first kappa shape index (κ1) is 14.4. The van der Waals surface area contributed by atoms with E-state index in [2.05, 4.69) is 25.7 Å². The highest BCUT2D eigenvalue weighted by molar-refractivity contribution is 5.95. The molecule has 0 fully saturated rings. The van der Waals surface area contributed by atoms with E-state index < -0.39 is 0 Å². The van der Waals surface area contributed by atoms with E-state index in [0.29, 0.717) is 18.9 Å². The van der Waals surface area contributed by atoms with E-state index in [-0.39, 0.29) is 5.91 Å².